The van der Waals surface area contributed by atoms with E-state index < -0.39 is 5.56 Å². The fourth-order valence-corrected chi connectivity index (χ4v) is 4.34. The minimum Gasteiger partial charge on any atom is -0.508 e. The van der Waals surface area contributed by atoms with E-state index in [2.05, 4.69) is 15.1 Å². The summed E-state index contributed by atoms with van der Waals surface area (Å²) in [6, 6.07) is 9.89. The molecule has 0 bridgehead atoms. The molecule has 0 spiro atoms. The Morgan fingerprint density at radius 2 is 1.80 bits per heavy atom. The molecule has 154 valence electrons. The largest absolute Gasteiger partial charge is 0.508 e. The molecule has 6 nitrogen and oxygen atoms in total. The number of benzene rings is 2. The van der Waals surface area contributed by atoms with Crippen LogP contribution >= 0.6 is 34.8 Å². The second-order valence-corrected chi connectivity index (χ2v) is 8.47. The van der Waals surface area contributed by atoms with Gasteiger partial charge < -0.3 is 5.11 Å². The van der Waals surface area contributed by atoms with Gasteiger partial charge in [0.05, 0.1) is 15.7 Å². The first-order chi connectivity index (χ1) is 14.2. The molecule has 2 heterocycles. The number of halogens is 3. The van der Waals surface area contributed by atoms with Gasteiger partial charge >= 0.3 is 0 Å². The molecule has 0 atom stereocenters. The first-order valence-electron chi connectivity index (χ1n) is 9.19. The highest BCUT2D eigenvalue weighted by molar-refractivity contribution is 6.40. The third kappa shape index (κ3) is 3.78. The number of aromatic nitrogens is 4. The summed E-state index contributed by atoms with van der Waals surface area (Å²) in [6.45, 7) is 3.92. The van der Waals surface area contributed by atoms with E-state index >= 15 is 0 Å². The molecule has 0 aliphatic carbocycles. The van der Waals surface area contributed by atoms with Gasteiger partial charge in [-0.3, -0.25) is 9.89 Å². The fraction of sp³-hybridized carbons (Fsp3) is 0.190. The number of phenols is 1. The molecule has 0 unspecified atom stereocenters. The molecular formula is C21H17Cl3N4O2. The van der Waals surface area contributed by atoms with Crippen LogP contribution in [-0.2, 0) is 6.42 Å². The van der Waals surface area contributed by atoms with Crippen LogP contribution in [0.15, 0.2) is 41.2 Å². The summed E-state index contributed by atoms with van der Waals surface area (Å²) in [7, 11) is 0. The van der Waals surface area contributed by atoms with Gasteiger partial charge in [-0.1, -0.05) is 60.8 Å². The summed E-state index contributed by atoms with van der Waals surface area (Å²) in [5.41, 5.74) is 1.89. The minimum atomic E-state index is -0.393. The molecule has 2 N–H and O–H groups in total. The first-order valence-corrected chi connectivity index (χ1v) is 10.3. The maximum absolute atomic E-state index is 12.9. The summed E-state index contributed by atoms with van der Waals surface area (Å²) in [5, 5.41) is 13.9. The fourth-order valence-electron chi connectivity index (χ4n) is 3.35. The third-order valence-electron chi connectivity index (χ3n) is 4.67. The van der Waals surface area contributed by atoms with E-state index in [1.54, 1.807) is 35.0 Å². The number of fused-ring (bicyclic) bond motifs is 1. The third-order valence-corrected chi connectivity index (χ3v) is 5.47. The van der Waals surface area contributed by atoms with E-state index in [-0.39, 0.29) is 18.1 Å². The number of hydrogen-bond acceptors (Lipinski definition) is 4. The second kappa shape index (κ2) is 7.95. The predicted octanol–water partition coefficient (Wildman–Crippen LogP) is 5.44. The van der Waals surface area contributed by atoms with Crippen molar-refractivity contribution in [3.05, 3.63) is 78.9 Å². The van der Waals surface area contributed by atoms with Crippen LogP contribution in [-0.4, -0.2) is 24.9 Å². The zero-order chi connectivity index (χ0) is 21.6. The normalized spacial score (nSPS) is 11.5. The zero-order valence-electron chi connectivity index (χ0n) is 16.1. The molecule has 2 aliphatic rings. The SMILES string of the molecule is CC(C)c1[nH]n(-c2c(Cl)cc(Cl)cc2Cl)c2nc(Cc3cccc(O)c3)nc(=O)c1-2. The van der Waals surface area contributed by atoms with Gasteiger partial charge in [0.15, 0.2) is 5.82 Å². The van der Waals surface area contributed by atoms with Crippen molar-refractivity contribution in [2.24, 2.45) is 0 Å². The average molecular weight is 464 g/mol. The zero-order valence-corrected chi connectivity index (χ0v) is 18.3. The molecular weight excluding hydrogens is 447 g/mol. The van der Waals surface area contributed by atoms with Crippen LogP contribution in [0.4, 0.5) is 0 Å². The molecule has 0 amide bonds. The Labute approximate surface area is 187 Å². The predicted molar refractivity (Wildman–Crippen MR) is 119 cm³/mol. The van der Waals surface area contributed by atoms with E-state index in [0.29, 0.717) is 43.7 Å². The Hall–Kier alpha value is -2.54. The highest BCUT2D eigenvalue weighted by Gasteiger charge is 2.27. The first kappa shape index (κ1) is 20.7. The van der Waals surface area contributed by atoms with Crippen molar-refractivity contribution < 1.29 is 5.11 Å². The van der Waals surface area contributed by atoms with Gasteiger partial charge in [0.1, 0.15) is 22.8 Å². The highest BCUT2D eigenvalue weighted by Crippen LogP contribution is 2.36. The van der Waals surface area contributed by atoms with Crippen LogP contribution in [0.5, 0.6) is 5.75 Å². The lowest BCUT2D eigenvalue weighted by Gasteiger charge is -2.11. The average Bonchev–Trinajstić information content (AvgIpc) is 3.01. The van der Waals surface area contributed by atoms with Gasteiger partial charge in [0.2, 0.25) is 0 Å². The lowest BCUT2D eigenvalue weighted by atomic mass is 10.1. The molecule has 0 fully saturated rings. The van der Waals surface area contributed by atoms with Crippen LogP contribution < -0.4 is 5.56 Å². The molecule has 2 aromatic carbocycles. The van der Waals surface area contributed by atoms with Crippen LogP contribution in [0.25, 0.3) is 17.1 Å². The van der Waals surface area contributed by atoms with E-state index in [1.807, 2.05) is 19.9 Å². The number of rotatable bonds is 4. The topological polar surface area (TPSA) is 83.8 Å². The monoisotopic (exact) mass is 462 g/mol. The van der Waals surface area contributed by atoms with Gasteiger partial charge in [-0.15, -0.1) is 0 Å². The van der Waals surface area contributed by atoms with Gasteiger partial charge in [-0.25, -0.2) is 9.67 Å². The summed E-state index contributed by atoms with van der Waals surface area (Å²) in [5.74, 6) is 0.837. The number of phenolic OH excluding ortho intramolecular Hbond substituents is 1. The number of hydrogen-bond donors (Lipinski definition) is 2. The minimum absolute atomic E-state index is 0.00632. The van der Waals surface area contributed by atoms with Gasteiger partial charge in [0, 0.05) is 11.4 Å². The van der Waals surface area contributed by atoms with Crippen LogP contribution in [0.1, 0.15) is 36.8 Å². The molecule has 0 saturated heterocycles. The highest BCUT2D eigenvalue weighted by atomic mass is 35.5. The van der Waals surface area contributed by atoms with E-state index in [0.717, 1.165) is 5.56 Å². The Kier molecular flexibility index (Phi) is 5.49. The Morgan fingerprint density at radius 1 is 1.10 bits per heavy atom. The van der Waals surface area contributed by atoms with E-state index in [1.165, 1.54) is 0 Å². The molecule has 30 heavy (non-hydrogen) atoms. The molecule has 9 heteroatoms. The Morgan fingerprint density at radius 3 is 2.43 bits per heavy atom. The van der Waals surface area contributed by atoms with Crippen molar-refractivity contribution in [1.82, 2.24) is 19.7 Å². The molecule has 0 radical (unpaired) electrons. The van der Waals surface area contributed by atoms with Gasteiger partial charge in [0.25, 0.3) is 5.56 Å². The number of nitrogens with one attached hydrogen (secondary N) is 1. The van der Waals surface area contributed by atoms with Crippen molar-refractivity contribution in [3.63, 3.8) is 0 Å². The lowest BCUT2D eigenvalue weighted by Crippen LogP contribution is -2.17. The lowest BCUT2D eigenvalue weighted by molar-refractivity contribution is 0.474. The van der Waals surface area contributed by atoms with Gasteiger partial charge in [-0.2, -0.15) is 4.98 Å². The van der Waals surface area contributed by atoms with E-state index in [9.17, 15) is 9.90 Å². The van der Waals surface area contributed by atoms with Crippen molar-refractivity contribution >= 4 is 34.8 Å². The van der Waals surface area contributed by atoms with Crippen molar-refractivity contribution in [1.29, 1.82) is 0 Å². The standard InChI is InChI=1S/C21H17Cl3N4O2/c1-10(2)18-17-20(28(27-18)19-14(23)8-12(22)9-15(19)24)25-16(26-21(17)30)7-11-4-3-5-13(29)6-11/h3-6,8-10,27,29H,7H2,1-2H3. The van der Waals surface area contributed by atoms with Crippen LogP contribution in [0.3, 0.4) is 0 Å². The van der Waals surface area contributed by atoms with Crippen molar-refractivity contribution in [2.75, 3.05) is 0 Å². The molecule has 0 aromatic heterocycles. The smallest absolute Gasteiger partial charge is 0.284 e. The number of nitrogens with zero attached hydrogens (tertiary/aromatic N) is 3. The number of aromatic hydroxyl groups is 1. The Bertz CT molecular complexity index is 1260. The molecule has 2 aromatic rings. The van der Waals surface area contributed by atoms with Crippen molar-refractivity contribution in [2.45, 2.75) is 26.2 Å². The summed E-state index contributed by atoms with van der Waals surface area (Å²) < 4.78 is 1.60. The summed E-state index contributed by atoms with van der Waals surface area (Å²) in [4.78, 5) is 21.7. The van der Waals surface area contributed by atoms with Crippen LogP contribution in [0.2, 0.25) is 15.1 Å². The van der Waals surface area contributed by atoms with E-state index in [4.69, 9.17) is 34.8 Å². The van der Waals surface area contributed by atoms with Crippen molar-refractivity contribution in [3.8, 4) is 22.8 Å². The quantitative estimate of drug-likeness (QED) is 0.422. The molecule has 4 rings (SSSR count). The maximum atomic E-state index is 12.9. The number of H-pyrrole nitrogens is 1. The summed E-state index contributed by atoms with van der Waals surface area (Å²) in [6.07, 6.45) is 0.282. The molecule has 2 aliphatic heterocycles. The number of aromatic amines is 1. The molecule has 0 saturated carbocycles. The maximum Gasteiger partial charge on any atom is 0.284 e. The summed E-state index contributed by atoms with van der Waals surface area (Å²) >= 11 is 18.9. The Balaban J connectivity index is 1.95. The van der Waals surface area contributed by atoms with Crippen LogP contribution in [0, 0.1) is 0 Å². The second-order valence-electron chi connectivity index (χ2n) is 7.22. The van der Waals surface area contributed by atoms with Gasteiger partial charge in [-0.05, 0) is 35.7 Å².